The molecule has 0 heterocycles. The van der Waals surface area contributed by atoms with Gasteiger partial charge in [0, 0.05) is 29.4 Å². The van der Waals surface area contributed by atoms with Crippen LogP contribution in [0, 0.1) is 0 Å². The molecule has 1 N–H and O–H groups in total. The summed E-state index contributed by atoms with van der Waals surface area (Å²) in [6.07, 6.45) is 9.01. The van der Waals surface area contributed by atoms with Crippen LogP contribution in [0.1, 0.15) is 34.6 Å². The van der Waals surface area contributed by atoms with E-state index in [-0.39, 0.29) is 5.38 Å². The van der Waals surface area contributed by atoms with Gasteiger partial charge >= 0.3 is 0 Å². The number of hydrogen-bond donors (Lipinski definition) is 1. The average molecular weight is 294 g/mol. The van der Waals surface area contributed by atoms with Gasteiger partial charge in [-0.25, -0.2) is 4.99 Å². The van der Waals surface area contributed by atoms with E-state index in [9.17, 15) is 0 Å². The molecule has 0 spiro atoms. The van der Waals surface area contributed by atoms with E-state index >= 15 is 0 Å². The standard InChI is InChI=1S/C16H24ClN3/c1-7-9-14(5)19-16(12(3)11-18-8-2)20-15(6)10-13(4)17/h7-11,13H,1H2,2-6H3,(H,19,20)/b12-11+,14-9+,15-10+,18-8?. The lowest BCUT2D eigenvalue weighted by Crippen LogP contribution is -2.22. The summed E-state index contributed by atoms with van der Waals surface area (Å²) in [6.45, 7) is 13.3. The Morgan fingerprint density at radius 1 is 1.30 bits per heavy atom. The normalized spacial score (nSPS) is 16.5. The maximum atomic E-state index is 5.95. The van der Waals surface area contributed by atoms with Gasteiger partial charge in [-0.05, 0) is 46.8 Å². The lowest BCUT2D eigenvalue weighted by atomic mass is 10.2. The highest BCUT2D eigenvalue weighted by Gasteiger charge is 2.03. The maximum absolute atomic E-state index is 5.95. The number of hydrogen-bond acceptors (Lipinski definition) is 2. The molecule has 0 amide bonds. The van der Waals surface area contributed by atoms with E-state index in [1.807, 2.05) is 46.8 Å². The van der Waals surface area contributed by atoms with Crippen LogP contribution in [0.4, 0.5) is 0 Å². The van der Waals surface area contributed by atoms with Gasteiger partial charge in [-0.15, -0.1) is 11.6 Å². The van der Waals surface area contributed by atoms with E-state index in [4.69, 9.17) is 11.6 Å². The lowest BCUT2D eigenvalue weighted by molar-refractivity contribution is 1.08. The summed E-state index contributed by atoms with van der Waals surface area (Å²) in [4.78, 5) is 8.68. The van der Waals surface area contributed by atoms with E-state index in [1.54, 1.807) is 18.5 Å². The largest absolute Gasteiger partial charge is 0.344 e. The lowest BCUT2D eigenvalue weighted by Gasteiger charge is -2.11. The summed E-state index contributed by atoms with van der Waals surface area (Å²) in [5.41, 5.74) is 2.75. The van der Waals surface area contributed by atoms with Crippen LogP contribution < -0.4 is 5.32 Å². The summed E-state index contributed by atoms with van der Waals surface area (Å²) in [6, 6.07) is 0. The first kappa shape index (κ1) is 18.4. The van der Waals surface area contributed by atoms with Crippen LogP contribution in [0.5, 0.6) is 0 Å². The number of amidine groups is 1. The highest BCUT2D eigenvalue weighted by molar-refractivity contribution is 6.21. The number of rotatable bonds is 6. The van der Waals surface area contributed by atoms with Crippen LogP contribution in [-0.4, -0.2) is 17.4 Å². The monoisotopic (exact) mass is 293 g/mol. The summed E-state index contributed by atoms with van der Waals surface area (Å²) in [5, 5.41) is 3.19. The minimum atomic E-state index is -0.0530. The van der Waals surface area contributed by atoms with E-state index < -0.39 is 0 Å². The summed E-state index contributed by atoms with van der Waals surface area (Å²) in [7, 11) is 0. The zero-order chi connectivity index (χ0) is 15.5. The summed E-state index contributed by atoms with van der Waals surface area (Å²) in [5.74, 6) is 0.747. The molecular formula is C16H24ClN3. The highest BCUT2D eigenvalue weighted by atomic mass is 35.5. The van der Waals surface area contributed by atoms with Crippen LogP contribution in [0.25, 0.3) is 0 Å². The Morgan fingerprint density at radius 3 is 2.45 bits per heavy atom. The zero-order valence-corrected chi connectivity index (χ0v) is 13.7. The fourth-order valence-corrected chi connectivity index (χ4v) is 1.60. The van der Waals surface area contributed by atoms with Crippen molar-refractivity contribution in [1.29, 1.82) is 0 Å². The Bertz CT molecular complexity index is 466. The number of nitrogens with one attached hydrogen (secondary N) is 1. The minimum absolute atomic E-state index is 0.0530. The van der Waals surface area contributed by atoms with Crippen molar-refractivity contribution in [2.75, 3.05) is 0 Å². The van der Waals surface area contributed by atoms with E-state index in [0.717, 1.165) is 22.8 Å². The van der Waals surface area contributed by atoms with E-state index in [1.165, 1.54) is 0 Å². The molecule has 0 aromatic carbocycles. The van der Waals surface area contributed by atoms with E-state index in [0.29, 0.717) is 0 Å². The SMILES string of the molecule is C=C/C=C(\C)NC(=N\C(C)=C\C(C)Cl)/C(C)=C/N=CC. The average Bonchev–Trinajstić information content (AvgIpc) is 2.34. The van der Waals surface area contributed by atoms with Gasteiger partial charge in [0.05, 0.1) is 5.38 Å². The predicted molar refractivity (Wildman–Crippen MR) is 91.5 cm³/mol. The molecule has 0 aliphatic rings. The topological polar surface area (TPSA) is 36.8 Å². The molecule has 0 bridgehead atoms. The molecule has 0 aromatic rings. The zero-order valence-electron chi connectivity index (χ0n) is 12.9. The Labute approximate surface area is 127 Å². The van der Waals surface area contributed by atoms with Crippen molar-refractivity contribution < 1.29 is 0 Å². The Morgan fingerprint density at radius 2 is 1.95 bits per heavy atom. The first-order valence-electron chi connectivity index (χ1n) is 6.53. The van der Waals surface area contributed by atoms with Gasteiger partial charge in [-0.2, -0.15) is 0 Å². The Kier molecular flexibility index (Phi) is 9.39. The van der Waals surface area contributed by atoms with Crippen LogP contribution in [0.15, 0.2) is 58.0 Å². The van der Waals surface area contributed by atoms with Crippen LogP contribution >= 0.6 is 11.6 Å². The molecule has 0 aliphatic carbocycles. The molecule has 0 rings (SSSR count). The maximum Gasteiger partial charge on any atom is 0.134 e. The number of alkyl halides is 1. The van der Waals surface area contributed by atoms with Gasteiger partial charge in [0.1, 0.15) is 5.84 Å². The van der Waals surface area contributed by atoms with Crippen molar-refractivity contribution in [2.45, 2.75) is 40.0 Å². The third-order valence-electron chi connectivity index (χ3n) is 2.23. The molecule has 0 aliphatic heterocycles. The van der Waals surface area contributed by atoms with Gasteiger partial charge in [-0.1, -0.05) is 12.7 Å². The van der Waals surface area contributed by atoms with Gasteiger partial charge < -0.3 is 5.32 Å². The first-order valence-corrected chi connectivity index (χ1v) is 6.96. The number of nitrogens with zero attached hydrogens (tertiary/aromatic N) is 2. The Balaban J connectivity index is 5.41. The summed E-state index contributed by atoms with van der Waals surface area (Å²) < 4.78 is 0. The molecular weight excluding hydrogens is 270 g/mol. The molecule has 1 unspecified atom stereocenters. The van der Waals surface area contributed by atoms with Crippen LogP contribution in [0.3, 0.4) is 0 Å². The van der Waals surface area contributed by atoms with Crippen molar-refractivity contribution in [1.82, 2.24) is 5.32 Å². The molecule has 3 nitrogen and oxygen atoms in total. The quantitative estimate of drug-likeness (QED) is 0.331. The van der Waals surface area contributed by atoms with Crippen LogP contribution in [-0.2, 0) is 0 Å². The predicted octanol–water partition coefficient (Wildman–Crippen LogP) is 4.59. The highest BCUT2D eigenvalue weighted by Crippen LogP contribution is 2.07. The third kappa shape index (κ3) is 8.48. The van der Waals surface area contributed by atoms with Crippen molar-refractivity contribution in [3.05, 3.63) is 48.0 Å². The first-order chi connectivity index (χ1) is 9.40. The molecule has 0 saturated carbocycles. The number of allylic oxidation sites excluding steroid dienone is 5. The fourth-order valence-electron chi connectivity index (χ4n) is 1.41. The molecule has 0 radical (unpaired) electrons. The van der Waals surface area contributed by atoms with Crippen molar-refractivity contribution in [2.24, 2.45) is 9.98 Å². The minimum Gasteiger partial charge on any atom is -0.344 e. The van der Waals surface area contributed by atoms with Crippen LogP contribution in [0.2, 0.25) is 0 Å². The molecule has 4 heteroatoms. The molecule has 110 valence electrons. The van der Waals surface area contributed by atoms with Gasteiger partial charge in [0.2, 0.25) is 0 Å². The van der Waals surface area contributed by atoms with Gasteiger partial charge in [-0.3, -0.25) is 4.99 Å². The van der Waals surface area contributed by atoms with Crippen molar-refractivity contribution in [3.63, 3.8) is 0 Å². The summed E-state index contributed by atoms with van der Waals surface area (Å²) >= 11 is 5.95. The second-order valence-electron chi connectivity index (χ2n) is 4.38. The second-order valence-corrected chi connectivity index (χ2v) is 5.06. The van der Waals surface area contributed by atoms with Crippen molar-refractivity contribution >= 4 is 23.7 Å². The smallest absolute Gasteiger partial charge is 0.134 e. The number of halogens is 1. The van der Waals surface area contributed by atoms with Gasteiger partial charge in [0.15, 0.2) is 0 Å². The van der Waals surface area contributed by atoms with Crippen molar-refractivity contribution in [3.8, 4) is 0 Å². The van der Waals surface area contributed by atoms with E-state index in [2.05, 4.69) is 21.9 Å². The fraction of sp³-hybridized carbons (Fsp3) is 0.375. The third-order valence-corrected chi connectivity index (χ3v) is 2.36. The molecule has 0 saturated heterocycles. The molecule has 20 heavy (non-hydrogen) atoms. The molecule has 1 atom stereocenters. The molecule has 0 fully saturated rings. The van der Waals surface area contributed by atoms with Gasteiger partial charge in [0.25, 0.3) is 0 Å². The number of aliphatic imine (C=N–C) groups is 2. The Hall–Kier alpha value is -1.61. The molecule has 0 aromatic heterocycles. The second kappa shape index (κ2) is 10.2.